The molecule has 3 aromatic carbocycles. The predicted octanol–water partition coefficient (Wildman–Crippen LogP) is 2.69. The second kappa shape index (κ2) is 20.0. The van der Waals surface area contributed by atoms with E-state index in [9.17, 15) is 19.2 Å². The Morgan fingerprint density at radius 1 is 0.787 bits per heavy atom. The van der Waals surface area contributed by atoms with E-state index in [2.05, 4.69) is 31.6 Å². The normalized spacial score (nSPS) is 11.8. The fraction of sp³-hybridized carbons (Fsp3) is 0.343. The molecule has 12 nitrogen and oxygen atoms in total. The highest BCUT2D eigenvalue weighted by Gasteiger charge is 2.27. The van der Waals surface area contributed by atoms with Crippen LogP contribution in [-0.2, 0) is 32.2 Å². The van der Waals surface area contributed by atoms with Gasteiger partial charge in [-0.25, -0.2) is 4.79 Å². The number of rotatable bonds is 17. The van der Waals surface area contributed by atoms with Crippen LogP contribution in [-0.4, -0.2) is 62.1 Å². The topological polar surface area (TPSA) is 176 Å². The van der Waals surface area contributed by atoms with Gasteiger partial charge in [0.25, 0.3) is 0 Å². The molecule has 5 amide bonds. The van der Waals surface area contributed by atoms with Crippen LogP contribution in [0.25, 0.3) is 0 Å². The number of amides is 5. The predicted molar refractivity (Wildman–Crippen MR) is 181 cm³/mol. The van der Waals surface area contributed by atoms with Gasteiger partial charge in [-0.2, -0.15) is 0 Å². The second-order valence-corrected chi connectivity index (χ2v) is 10.7. The molecular formula is C35H45N7O5. The van der Waals surface area contributed by atoms with Gasteiger partial charge >= 0.3 is 6.03 Å². The standard InChI is InChI=1S/C35H45N7O5/c1-3-47-22-21-38-35(46)42-34(36)37-20-10-15-30(32(44)40-24-27-18-16-26(17-19-27)23-39-25(2)43)41-33(45)31(28-11-6-4-7-12-28)29-13-8-5-9-14-29/h4-9,11-14,16-19,30-31H,3,10,15,20-24H2,1-2H3,(H,39,43)(H,40,44)(H,41,45)(H4,36,37,38,42,46). The minimum Gasteiger partial charge on any atom is -0.380 e. The largest absolute Gasteiger partial charge is 0.380 e. The molecule has 0 saturated carbocycles. The monoisotopic (exact) mass is 643 g/mol. The SMILES string of the molecule is CCOCCNC(=O)NC(N)=NCCCC(NC(=O)C(c1ccccc1)c1ccccc1)C(=O)NCc1ccc(CNC(C)=O)cc1. The number of urea groups is 1. The van der Waals surface area contributed by atoms with E-state index in [1.165, 1.54) is 6.92 Å². The molecule has 3 aromatic rings. The van der Waals surface area contributed by atoms with Crippen LogP contribution in [0.3, 0.4) is 0 Å². The Hall–Kier alpha value is -5.23. The smallest absolute Gasteiger partial charge is 0.321 e. The van der Waals surface area contributed by atoms with E-state index in [1.54, 1.807) is 0 Å². The quantitative estimate of drug-likeness (QED) is 0.0749. The summed E-state index contributed by atoms with van der Waals surface area (Å²) in [6.07, 6.45) is 0.687. The Morgan fingerprint density at radius 2 is 1.36 bits per heavy atom. The highest BCUT2D eigenvalue weighted by molar-refractivity contribution is 5.95. The van der Waals surface area contributed by atoms with Gasteiger partial charge in [0.1, 0.15) is 6.04 Å². The van der Waals surface area contributed by atoms with Crippen LogP contribution in [0.5, 0.6) is 0 Å². The molecule has 47 heavy (non-hydrogen) atoms. The molecule has 1 atom stereocenters. The van der Waals surface area contributed by atoms with Gasteiger partial charge in [0.2, 0.25) is 17.7 Å². The highest BCUT2D eigenvalue weighted by Crippen LogP contribution is 2.25. The number of nitrogens with two attached hydrogens (primary N) is 1. The van der Waals surface area contributed by atoms with Crippen LogP contribution < -0.4 is 32.3 Å². The lowest BCUT2D eigenvalue weighted by atomic mass is 9.90. The lowest BCUT2D eigenvalue weighted by Crippen LogP contribution is -2.48. The zero-order valence-electron chi connectivity index (χ0n) is 27.0. The zero-order valence-corrected chi connectivity index (χ0v) is 27.0. The van der Waals surface area contributed by atoms with Gasteiger partial charge in [-0.05, 0) is 42.0 Å². The number of carbonyl (C=O) groups is 4. The van der Waals surface area contributed by atoms with E-state index in [1.807, 2.05) is 91.9 Å². The highest BCUT2D eigenvalue weighted by atomic mass is 16.5. The summed E-state index contributed by atoms with van der Waals surface area (Å²) in [7, 11) is 0. The molecule has 0 spiro atoms. The molecule has 0 aliphatic heterocycles. The van der Waals surface area contributed by atoms with Crippen molar-refractivity contribution in [2.45, 2.75) is 51.7 Å². The first kappa shape index (κ1) is 36.2. The van der Waals surface area contributed by atoms with Gasteiger partial charge in [-0.3, -0.25) is 24.7 Å². The number of hydrogen-bond acceptors (Lipinski definition) is 6. The number of carbonyl (C=O) groups excluding carboxylic acids is 4. The van der Waals surface area contributed by atoms with Crippen molar-refractivity contribution in [1.29, 1.82) is 0 Å². The van der Waals surface area contributed by atoms with Crippen LogP contribution in [0.15, 0.2) is 89.9 Å². The summed E-state index contributed by atoms with van der Waals surface area (Å²) in [5.74, 6) is -1.44. The fourth-order valence-electron chi connectivity index (χ4n) is 4.70. The number of nitrogens with zero attached hydrogens (tertiary/aromatic N) is 1. The summed E-state index contributed by atoms with van der Waals surface area (Å²) in [6.45, 7) is 5.49. The first-order valence-electron chi connectivity index (χ1n) is 15.7. The molecule has 0 bridgehead atoms. The maximum Gasteiger partial charge on any atom is 0.321 e. The minimum atomic E-state index is -0.859. The summed E-state index contributed by atoms with van der Waals surface area (Å²) in [5.41, 5.74) is 9.27. The van der Waals surface area contributed by atoms with Gasteiger partial charge < -0.3 is 31.7 Å². The summed E-state index contributed by atoms with van der Waals surface area (Å²) in [6, 6.07) is 25.0. The molecule has 0 saturated heterocycles. The molecule has 3 rings (SSSR count). The second-order valence-electron chi connectivity index (χ2n) is 10.7. The van der Waals surface area contributed by atoms with Gasteiger partial charge in [-0.1, -0.05) is 84.9 Å². The molecular weight excluding hydrogens is 598 g/mol. The summed E-state index contributed by atoms with van der Waals surface area (Å²) >= 11 is 0. The van der Waals surface area contributed by atoms with Crippen molar-refractivity contribution in [2.75, 3.05) is 26.3 Å². The van der Waals surface area contributed by atoms with Crippen molar-refractivity contribution in [3.05, 3.63) is 107 Å². The van der Waals surface area contributed by atoms with E-state index >= 15 is 0 Å². The Labute approximate surface area is 275 Å². The Bertz CT molecular complexity index is 1410. The molecule has 0 aliphatic carbocycles. The molecule has 0 radical (unpaired) electrons. The van der Waals surface area contributed by atoms with Crippen LogP contribution in [0, 0.1) is 0 Å². The van der Waals surface area contributed by atoms with Crippen molar-refractivity contribution in [3.63, 3.8) is 0 Å². The summed E-state index contributed by atoms with van der Waals surface area (Å²) in [5, 5.41) is 13.7. The number of guanidine groups is 1. The third-order valence-electron chi connectivity index (χ3n) is 7.10. The van der Waals surface area contributed by atoms with Crippen LogP contribution >= 0.6 is 0 Å². The van der Waals surface area contributed by atoms with E-state index in [4.69, 9.17) is 10.5 Å². The van der Waals surface area contributed by atoms with Crippen LogP contribution in [0.4, 0.5) is 4.79 Å². The van der Waals surface area contributed by atoms with E-state index < -0.39 is 18.0 Å². The van der Waals surface area contributed by atoms with E-state index in [0.29, 0.717) is 32.7 Å². The van der Waals surface area contributed by atoms with Crippen LogP contribution in [0.2, 0.25) is 0 Å². The summed E-state index contributed by atoms with van der Waals surface area (Å²) in [4.78, 5) is 54.7. The third kappa shape index (κ3) is 13.3. The molecule has 0 aliphatic rings. The summed E-state index contributed by atoms with van der Waals surface area (Å²) < 4.78 is 5.19. The number of nitrogens with one attached hydrogen (secondary N) is 5. The molecule has 7 N–H and O–H groups in total. The van der Waals surface area contributed by atoms with Crippen molar-refractivity contribution in [1.82, 2.24) is 26.6 Å². The lowest BCUT2D eigenvalue weighted by molar-refractivity contribution is -0.129. The van der Waals surface area contributed by atoms with E-state index in [0.717, 1.165) is 22.3 Å². The maximum absolute atomic E-state index is 13.8. The average Bonchev–Trinajstić information content (AvgIpc) is 3.07. The fourth-order valence-corrected chi connectivity index (χ4v) is 4.70. The first-order chi connectivity index (χ1) is 22.8. The van der Waals surface area contributed by atoms with Gasteiger partial charge in [0.15, 0.2) is 5.96 Å². The lowest BCUT2D eigenvalue weighted by Gasteiger charge is -2.23. The number of aliphatic imine (C=N–C) groups is 1. The Balaban J connectivity index is 1.67. The van der Waals surface area contributed by atoms with Crippen molar-refractivity contribution >= 4 is 29.7 Å². The Morgan fingerprint density at radius 3 is 1.91 bits per heavy atom. The van der Waals surface area contributed by atoms with Crippen molar-refractivity contribution < 1.29 is 23.9 Å². The molecule has 0 fully saturated rings. The van der Waals surface area contributed by atoms with Crippen molar-refractivity contribution in [3.8, 4) is 0 Å². The number of hydrogen-bond donors (Lipinski definition) is 6. The molecule has 1 unspecified atom stereocenters. The minimum absolute atomic E-state index is 0.0564. The average molecular weight is 644 g/mol. The maximum atomic E-state index is 13.8. The molecule has 0 aromatic heterocycles. The van der Waals surface area contributed by atoms with Crippen LogP contribution in [0.1, 0.15) is 54.9 Å². The first-order valence-corrected chi connectivity index (χ1v) is 15.7. The Kier molecular flexibility index (Phi) is 15.4. The van der Waals surface area contributed by atoms with Gasteiger partial charge in [-0.15, -0.1) is 0 Å². The van der Waals surface area contributed by atoms with Crippen molar-refractivity contribution in [2.24, 2.45) is 10.7 Å². The van der Waals surface area contributed by atoms with Gasteiger partial charge in [0.05, 0.1) is 12.5 Å². The molecule has 0 heterocycles. The zero-order chi connectivity index (χ0) is 33.9. The number of benzene rings is 3. The molecule has 250 valence electrons. The number of ether oxygens (including phenoxy) is 1. The van der Waals surface area contributed by atoms with E-state index in [-0.39, 0.29) is 43.2 Å². The van der Waals surface area contributed by atoms with Gasteiger partial charge in [0, 0.05) is 39.7 Å². The third-order valence-corrected chi connectivity index (χ3v) is 7.10. The molecule has 12 heteroatoms.